The van der Waals surface area contributed by atoms with Crippen molar-refractivity contribution < 1.29 is 24.1 Å². The molecular formula is C25H23NO5. The van der Waals surface area contributed by atoms with Crippen LogP contribution in [0.25, 0.3) is 27.8 Å². The first-order valence-electron chi connectivity index (χ1n) is 9.78. The van der Waals surface area contributed by atoms with E-state index >= 15 is 0 Å². The molecule has 4 aromatic rings. The Labute approximate surface area is 180 Å². The molecule has 1 heterocycles. The number of carbonyl (C=O) groups excluding carboxylic acids is 1. The first kappa shape index (κ1) is 20.3. The highest BCUT2D eigenvalue weighted by Crippen LogP contribution is 2.41. The molecule has 0 radical (unpaired) electrons. The number of aromatic nitrogens is 1. The van der Waals surface area contributed by atoms with E-state index in [1.165, 1.54) is 7.11 Å². The van der Waals surface area contributed by atoms with E-state index < -0.39 is 0 Å². The first-order chi connectivity index (χ1) is 15.1. The summed E-state index contributed by atoms with van der Waals surface area (Å²) in [4.78, 5) is 12.3. The first-order valence-corrected chi connectivity index (χ1v) is 9.78. The van der Waals surface area contributed by atoms with Gasteiger partial charge in [0.25, 0.3) is 0 Å². The maximum Gasteiger partial charge on any atom is 0.310 e. The second-order valence-electron chi connectivity index (χ2n) is 7.01. The predicted octanol–water partition coefficient (Wildman–Crippen LogP) is 4.74. The molecule has 0 unspecified atom stereocenters. The number of aromatic hydroxyl groups is 1. The Morgan fingerprint density at radius 2 is 1.48 bits per heavy atom. The summed E-state index contributed by atoms with van der Waals surface area (Å²) in [6, 6.07) is 20.6. The second-order valence-corrected chi connectivity index (χ2v) is 7.01. The summed E-state index contributed by atoms with van der Waals surface area (Å²) in [5, 5.41) is 11.3. The number of esters is 1. The van der Waals surface area contributed by atoms with E-state index in [-0.39, 0.29) is 18.1 Å². The zero-order chi connectivity index (χ0) is 22.0. The van der Waals surface area contributed by atoms with Gasteiger partial charge in [-0.3, -0.25) is 4.79 Å². The molecular weight excluding hydrogens is 394 g/mol. The van der Waals surface area contributed by atoms with Crippen molar-refractivity contribution in [3.05, 3.63) is 72.3 Å². The number of phenols is 1. The van der Waals surface area contributed by atoms with E-state index in [1.54, 1.807) is 26.4 Å². The third-order valence-electron chi connectivity index (χ3n) is 5.32. The highest BCUT2D eigenvalue weighted by Gasteiger charge is 2.24. The molecule has 0 atom stereocenters. The minimum absolute atomic E-state index is 0.0229. The lowest BCUT2D eigenvalue weighted by molar-refractivity contribution is -0.139. The molecule has 0 aliphatic heterocycles. The van der Waals surface area contributed by atoms with Crippen LogP contribution in [0.3, 0.4) is 0 Å². The van der Waals surface area contributed by atoms with Gasteiger partial charge in [0.15, 0.2) is 0 Å². The zero-order valence-corrected chi connectivity index (χ0v) is 17.6. The van der Waals surface area contributed by atoms with Crippen molar-refractivity contribution in [2.24, 2.45) is 0 Å². The molecule has 0 bridgehead atoms. The summed E-state index contributed by atoms with van der Waals surface area (Å²) in [7, 11) is 4.59. The van der Waals surface area contributed by atoms with Gasteiger partial charge in [0.2, 0.25) is 0 Å². The summed E-state index contributed by atoms with van der Waals surface area (Å²) in [5.74, 6) is 1.20. The van der Waals surface area contributed by atoms with Gasteiger partial charge in [-0.2, -0.15) is 0 Å². The van der Waals surface area contributed by atoms with Crippen molar-refractivity contribution in [1.82, 2.24) is 4.57 Å². The molecule has 1 aromatic heterocycles. The number of fused-ring (bicyclic) bond motifs is 1. The van der Waals surface area contributed by atoms with E-state index in [9.17, 15) is 9.90 Å². The Morgan fingerprint density at radius 1 is 0.871 bits per heavy atom. The minimum Gasteiger partial charge on any atom is -0.507 e. The lowest BCUT2D eigenvalue weighted by Crippen LogP contribution is -2.06. The van der Waals surface area contributed by atoms with Gasteiger partial charge in [0.05, 0.1) is 39.0 Å². The van der Waals surface area contributed by atoms with Gasteiger partial charge >= 0.3 is 5.97 Å². The average molecular weight is 417 g/mol. The standard InChI is InChI=1S/C25H23NO5/c1-29-18-11-7-16(8-12-18)25-20(15-23(28)31-3)24-21(5-4-6-22(24)27)26(25)17-9-13-19(30-2)14-10-17/h4-14,27H,15H2,1-3H3. The van der Waals surface area contributed by atoms with E-state index in [0.29, 0.717) is 10.9 Å². The Balaban J connectivity index is 2.07. The van der Waals surface area contributed by atoms with Gasteiger partial charge in [0.1, 0.15) is 17.2 Å². The smallest absolute Gasteiger partial charge is 0.310 e. The highest BCUT2D eigenvalue weighted by molar-refractivity contribution is 6.00. The van der Waals surface area contributed by atoms with Crippen molar-refractivity contribution in [1.29, 1.82) is 0 Å². The van der Waals surface area contributed by atoms with Crippen molar-refractivity contribution in [2.45, 2.75) is 6.42 Å². The largest absolute Gasteiger partial charge is 0.507 e. The number of methoxy groups -OCH3 is 3. The molecule has 3 aromatic carbocycles. The molecule has 0 amide bonds. The number of hydrogen-bond donors (Lipinski definition) is 1. The van der Waals surface area contributed by atoms with Gasteiger partial charge < -0.3 is 23.9 Å². The van der Waals surface area contributed by atoms with Crippen molar-refractivity contribution in [2.75, 3.05) is 21.3 Å². The van der Waals surface area contributed by atoms with Gasteiger partial charge in [-0.1, -0.05) is 6.07 Å². The van der Waals surface area contributed by atoms with Crippen LogP contribution in [0.1, 0.15) is 5.56 Å². The molecule has 158 valence electrons. The van der Waals surface area contributed by atoms with Crippen molar-refractivity contribution in [3.63, 3.8) is 0 Å². The summed E-state index contributed by atoms with van der Waals surface area (Å²) in [5.41, 5.74) is 4.04. The SMILES string of the molecule is COC(=O)Cc1c(-c2ccc(OC)cc2)n(-c2ccc(OC)cc2)c2cccc(O)c12. The Kier molecular flexibility index (Phi) is 5.54. The van der Waals surface area contributed by atoms with Crippen LogP contribution in [0.4, 0.5) is 0 Å². The van der Waals surface area contributed by atoms with Crippen LogP contribution in [-0.4, -0.2) is 37.0 Å². The fourth-order valence-corrected chi connectivity index (χ4v) is 3.84. The number of nitrogens with zero attached hydrogens (tertiary/aromatic N) is 1. The topological polar surface area (TPSA) is 69.9 Å². The number of carbonyl (C=O) groups is 1. The van der Waals surface area contributed by atoms with Gasteiger partial charge in [-0.25, -0.2) is 0 Å². The van der Waals surface area contributed by atoms with Crippen molar-refractivity contribution in [3.8, 4) is 34.2 Å². The number of phenolic OH excluding ortho intramolecular Hbond substituents is 1. The van der Waals surface area contributed by atoms with Gasteiger partial charge in [-0.15, -0.1) is 0 Å². The van der Waals surface area contributed by atoms with Gasteiger partial charge in [0, 0.05) is 16.6 Å². The van der Waals surface area contributed by atoms with Crippen LogP contribution >= 0.6 is 0 Å². The summed E-state index contributed by atoms with van der Waals surface area (Å²) < 4.78 is 17.6. The lowest BCUT2D eigenvalue weighted by atomic mass is 10.0. The van der Waals surface area contributed by atoms with Crippen LogP contribution < -0.4 is 9.47 Å². The number of rotatable bonds is 6. The fourth-order valence-electron chi connectivity index (χ4n) is 3.84. The molecule has 6 heteroatoms. The molecule has 4 rings (SSSR count). The van der Waals surface area contributed by atoms with Crippen LogP contribution in [0.2, 0.25) is 0 Å². The van der Waals surface area contributed by atoms with Crippen LogP contribution in [0.15, 0.2) is 66.7 Å². The molecule has 1 N–H and O–H groups in total. The minimum atomic E-state index is -0.383. The summed E-state index contributed by atoms with van der Waals surface area (Å²) >= 11 is 0. The summed E-state index contributed by atoms with van der Waals surface area (Å²) in [6.07, 6.45) is 0.0229. The lowest BCUT2D eigenvalue weighted by Gasteiger charge is -2.14. The average Bonchev–Trinajstić information content (AvgIpc) is 3.14. The fraction of sp³-hybridized carbons (Fsp3) is 0.160. The predicted molar refractivity (Wildman–Crippen MR) is 119 cm³/mol. The van der Waals surface area contributed by atoms with Crippen LogP contribution in [0.5, 0.6) is 17.2 Å². The van der Waals surface area contributed by atoms with Crippen LogP contribution in [0, 0.1) is 0 Å². The molecule has 0 aliphatic carbocycles. The third kappa shape index (κ3) is 3.68. The number of hydrogen-bond acceptors (Lipinski definition) is 5. The normalized spacial score (nSPS) is 10.8. The quantitative estimate of drug-likeness (QED) is 0.459. The van der Waals surface area contributed by atoms with E-state index in [4.69, 9.17) is 14.2 Å². The van der Waals surface area contributed by atoms with Crippen LogP contribution in [-0.2, 0) is 16.0 Å². The molecule has 0 aliphatic rings. The van der Waals surface area contributed by atoms with Gasteiger partial charge in [-0.05, 0) is 66.2 Å². The molecule has 6 nitrogen and oxygen atoms in total. The molecule has 0 fully saturated rings. The summed E-state index contributed by atoms with van der Waals surface area (Å²) in [6.45, 7) is 0. The maximum atomic E-state index is 12.3. The Hall–Kier alpha value is -3.93. The van der Waals surface area contributed by atoms with E-state index in [2.05, 4.69) is 0 Å². The molecule has 0 saturated heterocycles. The molecule has 31 heavy (non-hydrogen) atoms. The van der Waals surface area contributed by atoms with E-state index in [1.807, 2.05) is 59.2 Å². The number of benzene rings is 3. The molecule has 0 saturated carbocycles. The van der Waals surface area contributed by atoms with E-state index in [0.717, 1.165) is 34.0 Å². The Morgan fingerprint density at radius 3 is 2.06 bits per heavy atom. The maximum absolute atomic E-state index is 12.3. The monoisotopic (exact) mass is 417 g/mol. The number of ether oxygens (including phenoxy) is 3. The second kappa shape index (κ2) is 8.44. The Bertz CT molecular complexity index is 1220. The molecule has 0 spiro atoms. The van der Waals surface area contributed by atoms with Crippen molar-refractivity contribution >= 4 is 16.9 Å². The third-order valence-corrected chi connectivity index (χ3v) is 5.32. The highest BCUT2D eigenvalue weighted by atomic mass is 16.5. The zero-order valence-electron chi connectivity index (χ0n) is 17.6.